The summed E-state index contributed by atoms with van der Waals surface area (Å²) in [6.45, 7) is 1.97. The number of nitrogens with one attached hydrogen (secondary N) is 1. The van der Waals surface area contributed by atoms with Gasteiger partial charge in [0.25, 0.3) is 0 Å². The molecule has 1 aromatic carbocycles. The zero-order valence-corrected chi connectivity index (χ0v) is 11.1. The van der Waals surface area contributed by atoms with E-state index in [4.69, 9.17) is 5.84 Å². The molecule has 0 spiro atoms. The molecule has 0 aliphatic rings. The van der Waals surface area contributed by atoms with Gasteiger partial charge in [0.2, 0.25) is 0 Å². The van der Waals surface area contributed by atoms with Gasteiger partial charge in [0.05, 0.1) is 6.04 Å². The fourth-order valence-electron chi connectivity index (χ4n) is 1.72. The first-order chi connectivity index (χ1) is 8.20. The number of rotatable bonds is 3. The Bertz CT molecular complexity index is 496. The first kappa shape index (κ1) is 12.2. The summed E-state index contributed by atoms with van der Waals surface area (Å²) in [5.41, 5.74) is 5.98. The monoisotopic (exact) mass is 291 g/mol. The minimum absolute atomic E-state index is 0.0411. The first-order valence-corrected chi connectivity index (χ1v) is 6.14. The number of aromatic nitrogens is 1. The summed E-state index contributed by atoms with van der Waals surface area (Å²) in [5.74, 6) is 5.63. The molecule has 1 unspecified atom stereocenters. The Labute approximate surface area is 109 Å². The number of pyridine rings is 1. The normalized spacial score (nSPS) is 12.4. The standard InChI is InChI=1S/C13H14BrN3/c1-9-5-6-11(8-16-9)13(17-15)10-3-2-4-12(14)7-10/h2-8,13,17H,15H2,1H3. The van der Waals surface area contributed by atoms with Crippen molar-refractivity contribution in [2.24, 2.45) is 5.84 Å². The van der Waals surface area contributed by atoms with Crippen molar-refractivity contribution in [3.05, 3.63) is 63.9 Å². The average molecular weight is 292 g/mol. The van der Waals surface area contributed by atoms with Gasteiger partial charge in [0.15, 0.2) is 0 Å². The number of aryl methyl sites for hydroxylation is 1. The highest BCUT2D eigenvalue weighted by atomic mass is 79.9. The van der Waals surface area contributed by atoms with Gasteiger partial charge in [-0.3, -0.25) is 10.8 Å². The van der Waals surface area contributed by atoms with E-state index in [1.165, 1.54) is 0 Å². The predicted molar refractivity (Wildman–Crippen MR) is 72.3 cm³/mol. The molecule has 17 heavy (non-hydrogen) atoms. The van der Waals surface area contributed by atoms with Gasteiger partial charge in [-0.2, -0.15) is 0 Å². The lowest BCUT2D eigenvalue weighted by atomic mass is 10.0. The van der Waals surface area contributed by atoms with Gasteiger partial charge in [-0.1, -0.05) is 34.1 Å². The second kappa shape index (κ2) is 5.40. The molecule has 0 fully saturated rings. The molecular weight excluding hydrogens is 278 g/mol. The maximum Gasteiger partial charge on any atom is 0.0725 e. The van der Waals surface area contributed by atoms with Crippen LogP contribution < -0.4 is 11.3 Å². The Kier molecular flexibility index (Phi) is 3.89. The minimum Gasteiger partial charge on any atom is -0.271 e. The fraction of sp³-hybridized carbons (Fsp3) is 0.154. The molecule has 0 aliphatic carbocycles. The van der Waals surface area contributed by atoms with Crippen molar-refractivity contribution in [1.82, 2.24) is 10.4 Å². The van der Waals surface area contributed by atoms with Crippen molar-refractivity contribution in [1.29, 1.82) is 0 Å². The molecule has 0 amide bonds. The van der Waals surface area contributed by atoms with Crippen LogP contribution in [0.15, 0.2) is 47.1 Å². The SMILES string of the molecule is Cc1ccc(C(NN)c2cccc(Br)c2)cn1. The van der Waals surface area contributed by atoms with E-state index >= 15 is 0 Å². The summed E-state index contributed by atoms with van der Waals surface area (Å²) >= 11 is 3.46. The molecule has 0 bridgehead atoms. The zero-order valence-electron chi connectivity index (χ0n) is 9.52. The maximum atomic E-state index is 5.63. The predicted octanol–water partition coefficient (Wildman–Crippen LogP) is 2.71. The average Bonchev–Trinajstić information content (AvgIpc) is 2.33. The van der Waals surface area contributed by atoms with Crippen LogP contribution in [-0.4, -0.2) is 4.98 Å². The summed E-state index contributed by atoms with van der Waals surface area (Å²) in [7, 11) is 0. The van der Waals surface area contributed by atoms with Crippen LogP contribution in [0.4, 0.5) is 0 Å². The number of benzene rings is 1. The van der Waals surface area contributed by atoms with Crippen molar-refractivity contribution in [2.45, 2.75) is 13.0 Å². The molecule has 4 heteroatoms. The molecule has 1 aromatic heterocycles. The third kappa shape index (κ3) is 2.91. The number of hydrazine groups is 1. The van der Waals surface area contributed by atoms with Crippen molar-refractivity contribution in [3.63, 3.8) is 0 Å². The fourth-order valence-corrected chi connectivity index (χ4v) is 2.14. The largest absolute Gasteiger partial charge is 0.271 e. The van der Waals surface area contributed by atoms with Crippen molar-refractivity contribution in [3.8, 4) is 0 Å². The molecule has 1 atom stereocenters. The van der Waals surface area contributed by atoms with Crippen molar-refractivity contribution in [2.75, 3.05) is 0 Å². The van der Waals surface area contributed by atoms with E-state index in [2.05, 4.69) is 26.3 Å². The number of hydrogen-bond acceptors (Lipinski definition) is 3. The van der Waals surface area contributed by atoms with Crippen LogP contribution in [0.3, 0.4) is 0 Å². The molecule has 3 nitrogen and oxygen atoms in total. The molecule has 3 N–H and O–H groups in total. The Balaban J connectivity index is 2.36. The molecular formula is C13H14BrN3. The van der Waals surface area contributed by atoms with Crippen LogP contribution >= 0.6 is 15.9 Å². The Morgan fingerprint density at radius 1 is 1.24 bits per heavy atom. The highest BCUT2D eigenvalue weighted by Gasteiger charge is 2.12. The molecule has 0 radical (unpaired) electrons. The number of hydrogen-bond donors (Lipinski definition) is 2. The lowest BCUT2D eigenvalue weighted by Crippen LogP contribution is -2.28. The second-order valence-corrected chi connectivity index (χ2v) is 4.80. The van der Waals surface area contributed by atoms with Gasteiger partial charge >= 0.3 is 0 Å². The summed E-state index contributed by atoms with van der Waals surface area (Å²) < 4.78 is 1.04. The first-order valence-electron chi connectivity index (χ1n) is 5.35. The Morgan fingerprint density at radius 3 is 2.65 bits per heavy atom. The summed E-state index contributed by atoms with van der Waals surface area (Å²) in [4.78, 5) is 4.29. The maximum absolute atomic E-state index is 5.63. The van der Waals surface area contributed by atoms with Crippen LogP contribution in [0.1, 0.15) is 22.9 Å². The van der Waals surface area contributed by atoms with E-state index < -0.39 is 0 Å². The van der Waals surface area contributed by atoms with Crippen molar-refractivity contribution >= 4 is 15.9 Å². The number of nitrogens with two attached hydrogens (primary N) is 1. The molecule has 1 heterocycles. The quantitative estimate of drug-likeness (QED) is 0.675. The van der Waals surface area contributed by atoms with E-state index in [0.29, 0.717) is 0 Å². The van der Waals surface area contributed by atoms with Gasteiger partial charge < -0.3 is 0 Å². The van der Waals surface area contributed by atoms with Gasteiger partial charge in [0, 0.05) is 16.4 Å². The lowest BCUT2D eigenvalue weighted by molar-refractivity contribution is 0.634. The Hall–Kier alpha value is -1.23. The molecule has 2 rings (SSSR count). The summed E-state index contributed by atoms with van der Waals surface area (Å²) in [6, 6.07) is 12.0. The zero-order chi connectivity index (χ0) is 12.3. The van der Waals surface area contributed by atoms with Crippen LogP contribution in [0.5, 0.6) is 0 Å². The molecule has 2 aromatic rings. The van der Waals surface area contributed by atoms with Gasteiger partial charge in [-0.05, 0) is 36.2 Å². The van der Waals surface area contributed by atoms with E-state index in [0.717, 1.165) is 21.3 Å². The van der Waals surface area contributed by atoms with E-state index in [-0.39, 0.29) is 6.04 Å². The van der Waals surface area contributed by atoms with Crippen molar-refractivity contribution < 1.29 is 0 Å². The van der Waals surface area contributed by atoms with E-state index in [9.17, 15) is 0 Å². The molecule has 0 saturated heterocycles. The lowest BCUT2D eigenvalue weighted by Gasteiger charge is -2.16. The smallest absolute Gasteiger partial charge is 0.0725 e. The molecule has 0 saturated carbocycles. The van der Waals surface area contributed by atoms with Gasteiger partial charge in [0.1, 0.15) is 0 Å². The highest BCUT2D eigenvalue weighted by Crippen LogP contribution is 2.23. The van der Waals surface area contributed by atoms with Crippen LogP contribution in [0.2, 0.25) is 0 Å². The highest BCUT2D eigenvalue weighted by molar-refractivity contribution is 9.10. The van der Waals surface area contributed by atoms with Crippen LogP contribution in [0.25, 0.3) is 0 Å². The van der Waals surface area contributed by atoms with Gasteiger partial charge in [-0.15, -0.1) is 0 Å². The number of halogens is 1. The third-order valence-electron chi connectivity index (χ3n) is 2.62. The number of nitrogens with zero attached hydrogens (tertiary/aromatic N) is 1. The second-order valence-electron chi connectivity index (χ2n) is 3.89. The Morgan fingerprint density at radius 2 is 2.06 bits per heavy atom. The third-order valence-corrected chi connectivity index (χ3v) is 3.11. The molecule has 0 aliphatic heterocycles. The molecule has 88 valence electrons. The van der Waals surface area contributed by atoms with Crippen LogP contribution in [0, 0.1) is 6.92 Å². The van der Waals surface area contributed by atoms with Gasteiger partial charge in [-0.25, -0.2) is 5.43 Å². The van der Waals surface area contributed by atoms with Crippen LogP contribution in [-0.2, 0) is 0 Å². The summed E-state index contributed by atoms with van der Waals surface area (Å²) in [5, 5.41) is 0. The van der Waals surface area contributed by atoms with E-state index in [1.54, 1.807) is 0 Å². The minimum atomic E-state index is -0.0411. The van der Waals surface area contributed by atoms with E-state index in [1.807, 2.05) is 49.5 Å². The topological polar surface area (TPSA) is 50.9 Å². The summed E-state index contributed by atoms with van der Waals surface area (Å²) in [6.07, 6.45) is 1.85.